The van der Waals surface area contributed by atoms with E-state index in [0.717, 1.165) is 11.8 Å². The summed E-state index contributed by atoms with van der Waals surface area (Å²) in [7, 11) is 0. The molecule has 1 aliphatic rings. The Morgan fingerprint density at radius 1 is 1.11 bits per heavy atom. The number of amides is 2. The van der Waals surface area contributed by atoms with Gasteiger partial charge in [0.05, 0.1) is 9.82 Å². The van der Waals surface area contributed by atoms with Gasteiger partial charge in [0, 0.05) is 55.8 Å². The highest BCUT2D eigenvalue weighted by Crippen LogP contribution is 2.35. The van der Waals surface area contributed by atoms with Crippen molar-refractivity contribution >= 4 is 29.4 Å². The molecule has 2 amide bonds. The van der Waals surface area contributed by atoms with Crippen molar-refractivity contribution in [3.8, 4) is 0 Å². The van der Waals surface area contributed by atoms with Crippen molar-refractivity contribution in [2.24, 2.45) is 0 Å². The second-order valence-corrected chi connectivity index (χ2v) is 10.2. The van der Waals surface area contributed by atoms with E-state index in [9.17, 15) is 24.1 Å². The third-order valence-electron chi connectivity index (χ3n) is 5.20. The molecule has 0 unspecified atom stereocenters. The normalized spacial score (nSPS) is 14.5. The van der Waals surface area contributed by atoms with Crippen LogP contribution in [0.3, 0.4) is 0 Å². The zero-order valence-corrected chi connectivity index (χ0v) is 20.8. The summed E-state index contributed by atoms with van der Waals surface area (Å²) in [5.74, 6) is -0.792. The largest absolute Gasteiger partial charge is 0.444 e. The van der Waals surface area contributed by atoms with Crippen molar-refractivity contribution in [1.29, 1.82) is 0 Å². The van der Waals surface area contributed by atoms with E-state index in [2.05, 4.69) is 10.2 Å². The molecule has 0 bridgehead atoms. The molecule has 3 rings (SSSR count). The van der Waals surface area contributed by atoms with Crippen molar-refractivity contribution in [3.63, 3.8) is 0 Å². The van der Waals surface area contributed by atoms with Gasteiger partial charge in [-0.15, -0.1) is 0 Å². The fourth-order valence-electron chi connectivity index (χ4n) is 3.43. The summed E-state index contributed by atoms with van der Waals surface area (Å²) < 4.78 is 18.5. The Hall–Kier alpha value is -3.18. The molecule has 188 valence electrons. The first-order chi connectivity index (χ1) is 16.5. The second kappa shape index (κ2) is 11.5. The molecule has 1 aliphatic heterocycles. The van der Waals surface area contributed by atoms with Gasteiger partial charge >= 0.3 is 6.09 Å². The van der Waals surface area contributed by atoms with Crippen LogP contribution in [-0.4, -0.2) is 71.6 Å². The van der Waals surface area contributed by atoms with E-state index >= 15 is 0 Å². The van der Waals surface area contributed by atoms with Crippen LogP contribution < -0.4 is 5.32 Å². The van der Waals surface area contributed by atoms with Gasteiger partial charge in [0.25, 0.3) is 11.6 Å². The van der Waals surface area contributed by atoms with E-state index < -0.39 is 16.4 Å². The predicted octanol–water partition coefficient (Wildman–Crippen LogP) is 4.17. The molecule has 0 atom stereocenters. The maximum absolute atomic E-state index is 13.1. The Balaban J connectivity index is 1.50. The third kappa shape index (κ3) is 7.93. The molecule has 9 nitrogen and oxygen atoms in total. The van der Waals surface area contributed by atoms with Gasteiger partial charge in [0.15, 0.2) is 0 Å². The lowest BCUT2D eigenvalue weighted by Crippen LogP contribution is -2.51. The van der Waals surface area contributed by atoms with Crippen LogP contribution in [0.1, 0.15) is 31.1 Å². The average Bonchev–Trinajstić information content (AvgIpc) is 2.80. The minimum Gasteiger partial charge on any atom is -0.444 e. The van der Waals surface area contributed by atoms with E-state index in [-0.39, 0.29) is 23.2 Å². The van der Waals surface area contributed by atoms with Crippen LogP contribution in [0.4, 0.5) is 14.9 Å². The van der Waals surface area contributed by atoms with E-state index in [0.29, 0.717) is 49.1 Å². The van der Waals surface area contributed by atoms with Crippen LogP contribution in [0.25, 0.3) is 0 Å². The zero-order chi connectivity index (χ0) is 25.6. The lowest BCUT2D eigenvalue weighted by molar-refractivity contribution is -0.387. The maximum atomic E-state index is 13.1. The minimum atomic E-state index is -0.536. The molecule has 1 saturated heterocycles. The van der Waals surface area contributed by atoms with Gasteiger partial charge in [-0.3, -0.25) is 19.8 Å². The van der Waals surface area contributed by atoms with Crippen LogP contribution in [0.15, 0.2) is 52.3 Å². The van der Waals surface area contributed by atoms with Crippen LogP contribution in [-0.2, 0) is 4.74 Å². The maximum Gasteiger partial charge on any atom is 0.410 e. The third-order valence-corrected chi connectivity index (χ3v) is 6.27. The van der Waals surface area contributed by atoms with Crippen LogP contribution >= 0.6 is 11.8 Å². The quantitative estimate of drug-likeness (QED) is 0.446. The summed E-state index contributed by atoms with van der Waals surface area (Å²) in [6, 6.07) is 9.96. The summed E-state index contributed by atoms with van der Waals surface area (Å²) >= 11 is 1.13. The molecule has 0 aliphatic carbocycles. The minimum absolute atomic E-state index is 0.190. The Morgan fingerprint density at radius 2 is 1.77 bits per heavy atom. The van der Waals surface area contributed by atoms with E-state index in [1.807, 2.05) is 20.8 Å². The number of carbonyl (C=O) groups excluding carboxylic acids is 2. The number of nitro benzene ring substituents is 1. The standard InChI is InChI=1S/C24H29FN4O5S/c1-24(2,3)34-23(31)28-14-12-27(13-15-28)11-10-26-22(30)17-4-9-21(20(16-17)29(32)33)35-19-7-5-18(25)6-8-19/h4-9,16H,10-15H2,1-3H3,(H,26,30). The topological polar surface area (TPSA) is 105 Å². The molecule has 0 saturated carbocycles. The molecule has 35 heavy (non-hydrogen) atoms. The van der Waals surface area contributed by atoms with Gasteiger partial charge in [-0.05, 0) is 57.2 Å². The number of nitrogens with zero attached hydrogens (tertiary/aromatic N) is 3. The summed E-state index contributed by atoms with van der Waals surface area (Å²) in [5.41, 5.74) is -0.536. The fourth-order valence-corrected chi connectivity index (χ4v) is 4.33. The first kappa shape index (κ1) is 26.4. The van der Waals surface area contributed by atoms with Crippen molar-refractivity contribution in [1.82, 2.24) is 15.1 Å². The van der Waals surface area contributed by atoms with Gasteiger partial charge < -0.3 is 15.0 Å². The smallest absolute Gasteiger partial charge is 0.410 e. The summed E-state index contributed by atoms with van der Waals surface area (Å²) in [5, 5.41) is 14.4. The number of ether oxygens (including phenoxy) is 1. The molecule has 1 fully saturated rings. The van der Waals surface area contributed by atoms with Gasteiger partial charge in [0.2, 0.25) is 0 Å². The number of nitro groups is 1. The monoisotopic (exact) mass is 504 g/mol. The molecular weight excluding hydrogens is 475 g/mol. The zero-order valence-electron chi connectivity index (χ0n) is 20.0. The van der Waals surface area contributed by atoms with Crippen molar-refractivity contribution < 1.29 is 23.6 Å². The number of carbonyl (C=O) groups is 2. The molecule has 1 N–H and O–H groups in total. The van der Waals surface area contributed by atoms with Crippen LogP contribution in [0.5, 0.6) is 0 Å². The molecule has 0 radical (unpaired) electrons. The summed E-state index contributed by atoms with van der Waals surface area (Å²) in [6.07, 6.45) is -0.326. The first-order valence-corrected chi connectivity index (χ1v) is 12.0. The molecule has 11 heteroatoms. The van der Waals surface area contributed by atoms with E-state index in [1.54, 1.807) is 4.90 Å². The van der Waals surface area contributed by atoms with Gasteiger partial charge in [-0.2, -0.15) is 0 Å². The highest BCUT2D eigenvalue weighted by molar-refractivity contribution is 7.99. The Bertz CT molecular complexity index is 1070. The number of rotatable bonds is 7. The van der Waals surface area contributed by atoms with E-state index in [4.69, 9.17) is 4.74 Å². The number of nitrogens with one attached hydrogen (secondary N) is 1. The molecule has 2 aromatic carbocycles. The molecule has 2 aromatic rings. The van der Waals surface area contributed by atoms with Crippen LogP contribution in [0.2, 0.25) is 0 Å². The first-order valence-electron chi connectivity index (χ1n) is 11.2. The number of hydrogen-bond donors (Lipinski definition) is 1. The van der Waals surface area contributed by atoms with Crippen LogP contribution in [0, 0.1) is 15.9 Å². The highest BCUT2D eigenvalue weighted by atomic mass is 32.2. The predicted molar refractivity (Wildman–Crippen MR) is 130 cm³/mol. The summed E-state index contributed by atoms with van der Waals surface area (Å²) in [4.78, 5) is 40.6. The molecule has 0 spiro atoms. The van der Waals surface area contributed by atoms with Gasteiger partial charge in [-0.1, -0.05) is 11.8 Å². The molecular formula is C24H29FN4O5S. The lowest BCUT2D eigenvalue weighted by atomic mass is 10.2. The van der Waals surface area contributed by atoms with Crippen molar-refractivity contribution in [3.05, 3.63) is 64.0 Å². The molecule has 1 heterocycles. The lowest BCUT2D eigenvalue weighted by Gasteiger charge is -2.35. The fraction of sp³-hybridized carbons (Fsp3) is 0.417. The number of halogens is 1. The number of piperazine rings is 1. The highest BCUT2D eigenvalue weighted by Gasteiger charge is 2.26. The number of benzene rings is 2. The summed E-state index contributed by atoms with van der Waals surface area (Å²) in [6.45, 7) is 8.86. The second-order valence-electron chi connectivity index (χ2n) is 9.06. The Labute approximate surface area is 207 Å². The van der Waals surface area contributed by atoms with Gasteiger partial charge in [0.1, 0.15) is 11.4 Å². The SMILES string of the molecule is CC(C)(C)OC(=O)N1CCN(CCNC(=O)c2ccc(Sc3ccc(F)cc3)c([N+](=O)[O-])c2)CC1. The average molecular weight is 505 g/mol. The Kier molecular flexibility index (Phi) is 8.68. The Morgan fingerprint density at radius 3 is 2.37 bits per heavy atom. The van der Waals surface area contributed by atoms with Crippen molar-refractivity contribution in [2.75, 3.05) is 39.3 Å². The van der Waals surface area contributed by atoms with Gasteiger partial charge in [-0.25, -0.2) is 9.18 Å². The van der Waals surface area contributed by atoms with E-state index in [1.165, 1.54) is 42.5 Å². The number of hydrogen-bond acceptors (Lipinski definition) is 7. The van der Waals surface area contributed by atoms with Crippen molar-refractivity contribution in [2.45, 2.75) is 36.2 Å². The molecule has 0 aromatic heterocycles.